The second-order valence-electron chi connectivity index (χ2n) is 1.19. The van der Waals surface area contributed by atoms with Crippen molar-refractivity contribution in [2.24, 2.45) is 0 Å². The van der Waals surface area contributed by atoms with Crippen molar-refractivity contribution in [2.45, 2.75) is 0 Å². The van der Waals surface area contributed by atoms with E-state index in [4.69, 9.17) is 8.85 Å². The minimum Gasteiger partial charge on any atom is -0.387 e. The molecule has 0 saturated carbocycles. The Morgan fingerprint density at radius 3 is 1.88 bits per heavy atom. The molecular weight excluding hydrogens is 188 g/mol. The lowest BCUT2D eigenvalue weighted by Crippen LogP contribution is -2.29. The van der Waals surface area contributed by atoms with E-state index in [1.807, 2.05) is 0 Å². The summed E-state index contributed by atoms with van der Waals surface area (Å²) < 4.78 is 9.90. The summed E-state index contributed by atoms with van der Waals surface area (Å²) in [6.07, 6.45) is 0. The predicted molar refractivity (Wildman–Crippen MR) is 38.9 cm³/mol. The van der Waals surface area contributed by atoms with Crippen LogP contribution < -0.4 is 0 Å². The summed E-state index contributed by atoms with van der Waals surface area (Å²) in [4.78, 5) is 0. The molecule has 0 aliphatic carbocycles. The first kappa shape index (κ1) is 8.36. The van der Waals surface area contributed by atoms with Crippen molar-refractivity contribution < 1.29 is 8.85 Å². The van der Waals surface area contributed by atoms with Gasteiger partial charge in [-0.05, 0) is 5.70 Å². The number of halogens is 1. The lowest BCUT2D eigenvalue weighted by Gasteiger charge is -2.13. The molecule has 4 heteroatoms. The first-order valence-corrected chi connectivity index (χ1v) is 6.26. The van der Waals surface area contributed by atoms with Gasteiger partial charge in [-0.25, -0.2) is 0 Å². The van der Waals surface area contributed by atoms with E-state index < -0.39 is 7.18 Å². The molecule has 0 N–H and O–H groups in total. The first-order chi connectivity index (χ1) is 3.68. The Balaban J connectivity index is 3.76. The van der Waals surface area contributed by atoms with Crippen LogP contribution in [0.5, 0.6) is 0 Å². The second kappa shape index (κ2) is 3.40. The molecule has 2 nitrogen and oxygen atoms in total. The summed E-state index contributed by atoms with van der Waals surface area (Å²) >= 11 is 3.26. The molecule has 0 atom stereocenters. The standard InChI is InChI=1S/C4H9BrO2Si/c1-4-8(5,6-2)7-3/h4H,1H2,2-3H3. The average molecular weight is 197 g/mol. The molecule has 0 rings (SSSR count). The molecule has 0 aliphatic heterocycles. The van der Waals surface area contributed by atoms with Gasteiger partial charge in [-0.1, -0.05) is 15.3 Å². The summed E-state index contributed by atoms with van der Waals surface area (Å²) in [5, 5.41) is 0. The maximum atomic E-state index is 4.95. The van der Waals surface area contributed by atoms with Gasteiger partial charge in [0.05, 0.1) is 0 Å². The number of rotatable bonds is 3. The van der Waals surface area contributed by atoms with Crippen molar-refractivity contribution in [3.8, 4) is 0 Å². The van der Waals surface area contributed by atoms with E-state index >= 15 is 0 Å². The molecule has 0 aromatic rings. The molecule has 0 unspecified atom stereocenters. The van der Waals surface area contributed by atoms with Gasteiger partial charge in [0.25, 0.3) is 0 Å². The van der Waals surface area contributed by atoms with Gasteiger partial charge in [-0.2, -0.15) is 0 Å². The summed E-state index contributed by atoms with van der Waals surface area (Å²) in [7, 11) is 1.08. The smallest absolute Gasteiger partial charge is 0.387 e. The van der Waals surface area contributed by atoms with Gasteiger partial charge < -0.3 is 8.85 Å². The quantitative estimate of drug-likeness (QED) is 0.502. The molecule has 0 radical (unpaired) electrons. The van der Waals surface area contributed by atoms with Crippen LogP contribution in [0.2, 0.25) is 0 Å². The Labute approximate surface area is 58.3 Å². The maximum absolute atomic E-state index is 4.95. The third-order valence-corrected chi connectivity index (χ3v) is 5.32. The summed E-state index contributed by atoms with van der Waals surface area (Å²) in [5.74, 6) is 0. The molecular formula is C4H9BrO2Si. The van der Waals surface area contributed by atoms with E-state index in [-0.39, 0.29) is 0 Å². The topological polar surface area (TPSA) is 18.5 Å². The minimum absolute atomic E-state index is 1.59. The predicted octanol–water partition coefficient (Wildman–Crippen LogP) is 1.34. The fraction of sp³-hybridized carbons (Fsp3) is 0.500. The Hall–Kier alpha value is 0.357. The Morgan fingerprint density at radius 2 is 1.88 bits per heavy atom. The molecule has 48 valence electrons. The third kappa shape index (κ3) is 2.08. The fourth-order valence-corrected chi connectivity index (χ4v) is 0.750. The molecule has 0 aromatic carbocycles. The summed E-state index contributed by atoms with van der Waals surface area (Å²) in [5.41, 5.74) is 1.66. The van der Waals surface area contributed by atoms with Crippen molar-refractivity contribution in [2.75, 3.05) is 14.2 Å². The normalized spacial score (nSPS) is 11.4. The number of hydrogen-bond acceptors (Lipinski definition) is 2. The molecule has 0 aromatic heterocycles. The SMILES string of the molecule is C=C[Si](Br)(OC)OC. The molecule has 8 heavy (non-hydrogen) atoms. The Kier molecular flexibility index (Phi) is 3.55. The molecule has 0 fully saturated rings. The maximum Gasteiger partial charge on any atom is 0.440 e. The third-order valence-electron chi connectivity index (χ3n) is 0.800. The van der Waals surface area contributed by atoms with E-state index in [2.05, 4.69) is 21.9 Å². The number of hydrogen-bond donors (Lipinski definition) is 0. The highest BCUT2D eigenvalue weighted by Crippen LogP contribution is 2.13. The van der Waals surface area contributed by atoms with E-state index in [1.54, 1.807) is 19.9 Å². The van der Waals surface area contributed by atoms with Crippen LogP contribution in [-0.4, -0.2) is 21.4 Å². The van der Waals surface area contributed by atoms with Crippen LogP contribution in [0, 0.1) is 0 Å². The second-order valence-corrected chi connectivity index (χ2v) is 6.90. The monoisotopic (exact) mass is 196 g/mol. The van der Waals surface area contributed by atoms with Gasteiger partial charge in [-0.15, -0.1) is 6.58 Å². The molecule has 0 amide bonds. The zero-order valence-corrected chi connectivity index (χ0v) is 7.56. The van der Waals surface area contributed by atoms with Gasteiger partial charge >= 0.3 is 7.18 Å². The van der Waals surface area contributed by atoms with E-state index in [0.717, 1.165) is 0 Å². The molecule has 0 heterocycles. The van der Waals surface area contributed by atoms with E-state index in [9.17, 15) is 0 Å². The molecule has 0 aliphatic rings. The van der Waals surface area contributed by atoms with Crippen LogP contribution in [0.4, 0.5) is 0 Å². The van der Waals surface area contributed by atoms with Crippen LogP contribution in [-0.2, 0) is 8.85 Å². The zero-order chi connectivity index (χ0) is 6.62. The summed E-state index contributed by atoms with van der Waals surface area (Å²) in [6.45, 7) is 3.54. The molecule has 0 saturated heterocycles. The van der Waals surface area contributed by atoms with Crippen molar-refractivity contribution in [3.63, 3.8) is 0 Å². The van der Waals surface area contributed by atoms with E-state index in [0.29, 0.717) is 0 Å². The van der Waals surface area contributed by atoms with Crippen LogP contribution in [0.3, 0.4) is 0 Å². The van der Waals surface area contributed by atoms with Crippen molar-refractivity contribution in [3.05, 3.63) is 12.3 Å². The Bertz CT molecular complexity index is 82.1. The van der Waals surface area contributed by atoms with Crippen LogP contribution >= 0.6 is 15.3 Å². The molecule has 0 spiro atoms. The van der Waals surface area contributed by atoms with Gasteiger partial charge in [0.15, 0.2) is 0 Å². The highest BCUT2D eigenvalue weighted by atomic mass is 79.9. The highest BCUT2D eigenvalue weighted by Gasteiger charge is 2.26. The highest BCUT2D eigenvalue weighted by molar-refractivity contribution is 9.25. The van der Waals surface area contributed by atoms with Gasteiger partial charge in [0, 0.05) is 14.2 Å². The van der Waals surface area contributed by atoms with Gasteiger partial charge in [0.1, 0.15) is 0 Å². The average Bonchev–Trinajstić information content (AvgIpc) is 1.87. The van der Waals surface area contributed by atoms with Gasteiger partial charge in [-0.3, -0.25) is 0 Å². The summed E-state index contributed by atoms with van der Waals surface area (Å²) in [6, 6.07) is 0. The van der Waals surface area contributed by atoms with Crippen molar-refractivity contribution >= 4 is 22.5 Å². The Morgan fingerprint density at radius 1 is 1.50 bits per heavy atom. The largest absolute Gasteiger partial charge is 0.440 e. The lowest BCUT2D eigenvalue weighted by atomic mass is 11.3. The van der Waals surface area contributed by atoms with Crippen LogP contribution in [0.1, 0.15) is 0 Å². The van der Waals surface area contributed by atoms with Crippen LogP contribution in [0.25, 0.3) is 0 Å². The van der Waals surface area contributed by atoms with Crippen molar-refractivity contribution in [1.29, 1.82) is 0 Å². The fourth-order valence-electron chi connectivity index (χ4n) is 0.250. The minimum atomic E-state index is -2.09. The van der Waals surface area contributed by atoms with Crippen LogP contribution in [0.15, 0.2) is 12.3 Å². The zero-order valence-electron chi connectivity index (χ0n) is 4.98. The van der Waals surface area contributed by atoms with Crippen molar-refractivity contribution in [1.82, 2.24) is 0 Å². The van der Waals surface area contributed by atoms with Gasteiger partial charge in [0.2, 0.25) is 0 Å². The molecule has 0 bridgehead atoms. The lowest BCUT2D eigenvalue weighted by molar-refractivity contribution is 0.283. The first-order valence-electron chi connectivity index (χ1n) is 2.11. The van der Waals surface area contributed by atoms with E-state index in [1.165, 1.54) is 0 Å².